The molecule has 0 aliphatic heterocycles. The second-order valence-corrected chi connectivity index (χ2v) is 7.52. The van der Waals surface area contributed by atoms with Gasteiger partial charge in [0.15, 0.2) is 0 Å². The molecular formula is C22H28N4O2. The minimum Gasteiger partial charge on any atom is -0.348 e. The molecule has 2 heterocycles. The van der Waals surface area contributed by atoms with Gasteiger partial charge < -0.3 is 10.6 Å². The number of nitrogens with one attached hydrogen (secondary N) is 2. The van der Waals surface area contributed by atoms with Gasteiger partial charge in [0.05, 0.1) is 23.5 Å². The van der Waals surface area contributed by atoms with E-state index >= 15 is 0 Å². The Kier molecular flexibility index (Phi) is 6.74. The Labute approximate surface area is 166 Å². The van der Waals surface area contributed by atoms with Crippen LogP contribution in [-0.2, 0) is 9.59 Å². The Bertz CT molecular complexity index is 706. The van der Waals surface area contributed by atoms with Crippen LogP contribution >= 0.6 is 0 Å². The van der Waals surface area contributed by atoms with Crippen molar-refractivity contribution < 1.29 is 9.59 Å². The summed E-state index contributed by atoms with van der Waals surface area (Å²) in [5.41, 5.74) is 1.71. The zero-order chi connectivity index (χ0) is 19.9. The molecule has 148 valence electrons. The van der Waals surface area contributed by atoms with Crippen LogP contribution in [0.5, 0.6) is 0 Å². The van der Waals surface area contributed by atoms with Gasteiger partial charge >= 0.3 is 0 Å². The Balaban J connectivity index is 1.46. The minimum atomic E-state index is -0.117. The Morgan fingerprint density at radius 1 is 0.786 bits per heavy atom. The van der Waals surface area contributed by atoms with E-state index < -0.39 is 0 Å². The van der Waals surface area contributed by atoms with E-state index in [1.54, 1.807) is 12.4 Å². The van der Waals surface area contributed by atoms with Crippen LogP contribution in [0.15, 0.2) is 48.8 Å². The number of carbonyl (C=O) groups excluding carboxylic acids is 2. The van der Waals surface area contributed by atoms with Crippen molar-refractivity contribution in [2.75, 3.05) is 0 Å². The van der Waals surface area contributed by atoms with Crippen molar-refractivity contribution in [3.8, 4) is 0 Å². The number of hydrogen-bond acceptors (Lipinski definition) is 4. The second kappa shape index (κ2) is 9.44. The molecule has 0 radical (unpaired) electrons. The largest absolute Gasteiger partial charge is 0.348 e. The number of amides is 2. The maximum atomic E-state index is 12.6. The molecule has 0 spiro atoms. The van der Waals surface area contributed by atoms with Gasteiger partial charge in [0.25, 0.3) is 0 Å². The molecule has 2 aromatic heterocycles. The van der Waals surface area contributed by atoms with Crippen LogP contribution in [-0.4, -0.2) is 21.8 Å². The molecule has 1 aliphatic carbocycles. The van der Waals surface area contributed by atoms with Crippen LogP contribution < -0.4 is 10.6 Å². The van der Waals surface area contributed by atoms with Crippen molar-refractivity contribution in [2.45, 2.75) is 51.6 Å². The van der Waals surface area contributed by atoms with E-state index in [-0.39, 0.29) is 35.7 Å². The standard InChI is InChI=1S/C22H28N4O2/c1-15(19-7-3-5-13-23-19)25-21(27)17-9-11-18(12-10-17)22(28)26-16(2)20-8-4-6-14-24-20/h3-8,13-18H,9-12H2,1-2H3,(H,25,27)(H,26,28). The number of carbonyl (C=O) groups is 2. The van der Waals surface area contributed by atoms with Gasteiger partial charge in [-0.25, -0.2) is 0 Å². The first kappa shape index (κ1) is 20.0. The van der Waals surface area contributed by atoms with E-state index in [9.17, 15) is 9.59 Å². The summed E-state index contributed by atoms with van der Waals surface area (Å²) in [5, 5.41) is 6.11. The van der Waals surface area contributed by atoms with E-state index in [2.05, 4.69) is 20.6 Å². The Morgan fingerprint density at radius 2 is 1.18 bits per heavy atom. The average molecular weight is 380 g/mol. The molecule has 1 aliphatic rings. The van der Waals surface area contributed by atoms with Gasteiger partial charge in [-0.15, -0.1) is 0 Å². The molecule has 28 heavy (non-hydrogen) atoms. The molecule has 6 heteroatoms. The molecule has 2 amide bonds. The first-order valence-corrected chi connectivity index (χ1v) is 9.97. The molecule has 1 saturated carbocycles. The van der Waals surface area contributed by atoms with Gasteiger partial charge in [0.2, 0.25) is 11.8 Å². The quantitative estimate of drug-likeness (QED) is 0.805. The fraction of sp³-hybridized carbons (Fsp3) is 0.455. The molecule has 0 bridgehead atoms. The number of aromatic nitrogens is 2. The van der Waals surface area contributed by atoms with Crippen molar-refractivity contribution in [3.63, 3.8) is 0 Å². The van der Waals surface area contributed by atoms with Crippen molar-refractivity contribution in [3.05, 3.63) is 60.2 Å². The molecule has 6 nitrogen and oxygen atoms in total. The van der Waals surface area contributed by atoms with Crippen LogP contribution in [0.2, 0.25) is 0 Å². The third-order valence-electron chi connectivity index (χ3n) is 5.45. The minimum absolute atomic E-state index is 0.0385. The lowest BCUT2D eigenvalue weighted by molar-refractivity contribution is -0.131. The molecule has 0 saturated heterocycles. The van der Waals surface area contributed by atoms with Crippen molar-refractivity contribution in [1.82, 2.24) is 20.6 Å². The monoisotopic (exact) mass is 380 g/mol. The second-order valence-electron chi connectivity index (χ2n) is 7.52. The van der Waals surface area contributed by atoms with E-state index in [1.165, 1.54) is 0 Å². The number of pyridine rings is 2. The summed E-state index contributed by atoms with van der Waals surface area (Å²) in [6.07, 6.45) is 6.39. The predicted octanol–water partition coefficient (Wildman–Crippen LogP) is 3.34. The summed E-state index contributed by atoms with van der Waals surface area (Å²) in [7, 11) is 0. The molecule has 0 aromatic carbocycles. The summed E-state index contributed by atoms with van der Waals surface area (Å²) in [6.45, 7) is 3.89. The predicted molar refractivity (Wildman–Crippen MR) is 107 cm³/mol. The summed E-state index contributed by atoms with van der Waals surface area (Å²) in [5.74, 6) is 0.0320. The number of nitrogens with zero attached hydrogens (tertiary/aromatic N) is 2. The maximum absolute atomic E-state index is 12.6. The SMILES string of the molecule is CC(NC(=O)C1CCC(C(=O)NC(C)c2ccccn2)CC1)c1ccccn1. The van der Waals surface area contributed by atoms with E-state index in [0.29, 0.717) is 0 Å². The third-order valence-corrected chi connectivity index (χ3v) is 5.45. The first-order chi connectivity index (χ1) is 13.5. The lowest BCUT2D eigenvalue weighted by atomic mass is 9.81. The maximum Gasteiger partial charge on any atom is 0.223 e. The number of rotatable bonds is 6. The summed E-state index contributed by atoms with van der Waals surface area (Å²) in [4.78, 5) is 33.7. The van der Waals surface area contributed by atoms with Crippen LogP contribution in [0.25, 0.3) is 0 Å². The zero-order valence-electron chi connectivity index (χ0n) is 16.5. The van der Waals surface area contributed by atoms with Gasteiger partial charge in [-0.3, -0.25) is 19.6 Å². The molecular weight excluding hydrogens is 352 g/mol. The van der Waals surface area contributed by atoms with Gasteiger partial charge in [-0.05, 0) is 63.8 Å². The fourth-order valence-corrected chi connectivity index (χ4v) is 3.69. The van der Waals surface area contributed by atoms with Crippen LogP contribution in [0.3, 0.4) is 0 Å². The summed E-state index contributed by atoms with van der Waals surface area (Å²) >= 11 is 0. The molecule has 2 N–H and O–H groups in total. The van der Waals surface area contributed by atoms with Crippen LogP contribution in [0, 0.1) is 11.8 Å². The average Bonchev–Trinajstić information content (AvgIpc) is 2.75. The number of hydrogen-bond donors (Lipinski definition) is 2. The highest BCUT2D eigenvalue weighted by Gasteiger charge is 2.31. The van der Waals surface area contributed by atoms with E-state index in [4.69, 9.17) is 0 Å². The Hall–Kier alpha value is -2.76. The van der Waals surface area contributed by atoms with Gasteiger partial charge in [-0.1, -0.05) is 12.1 Å². The molecule has 2 unspecified atom stereocenters. The smallest absolute Gasteiger partial charge is 0.223 e. The van der Waals surface area contributed by atoms with Crippen LogP contribution in [0.1, 0.15) is 63.0 Å². The van der Waals surface area contributed by atoms with Crippen molar-refractivity contribution in [1.29, 1.82) is 0 Å². The van der Waals surface area contributed by atoms with E-state index in [0.717, 1.165) is 37.1 Å². The molecule has 3 rings (SSSR count). The molecule has 2 aromatic rings. The highest BCUT2D eigenvalue weighted by molar-refractivity contribution is 5.81. The topological polar surface area (TPSA) is 84.0 Å². The van der Waals surface area contributed by atoms with Gasteiger partial charge in [0.1, 0.15) is 0 Å². The van der Waals surface area contributed by atoms with Crippen molar-refractivity contribution in [2.24, 2.45) is 11.8 Å². The fourth-order valence-electron chi connectivity index (χ4n) is 3.69. The van der Waals surface area contributed by atoms with Gasteiger partial charge in [-0.2, -0.15) is 0 Å². The van der Waals surface area contributed by atoms with Crippen LogP contribution in [0.4, 0.5) is 0 Å². The third kappa shape index (κ3) is 5.15. The molecule has 2 atom stereocenters. The highest BCUT2D eigenvalue weighted by atomic mass is 16.2. The zero-order valence-corrected chi connectivity index (χ0v) is 16.5. The molecule has 1 fully saturated rings. The lowest BCUT2D eigenvalue weighted by Gasteiger charge is -2.28. The highest BCUT2D eigenvalue weighted by Crippen LogP contribution is 2.30. The normalized spacial score (nSPS) is 21.4. The van der Waals surface area contributed by atoms with E-state index in [1.807, 2.05) is 50.2 Å². The first-order valence-electron chi connectivity index (χ1n) is 9.97. The van der Waals surface area contributed by atoms with Gasteiger partial charge in [0, 0.05) is 24.2 Å². The Morgan fingerprint density at radius 3 is 1.50 bits per heavy atom. The summed E-state index contributed by atoms with van der Waals surface area (Å²) < 4.78 is 0. The summed E-state index contributed by atoms with van der Waals surface area (Å²) in [6, 6.07) is 11.1. The lowest BCUT2D eigenvalue weighted by Crippen LogP contribution is -2.39. The van der Waals surface area contributed by atoms with Crippen molar-refractivity contribution >= 4 is 11.8 Å².